The van der Waals surface area contributed by atoms with Gasteiger partial charge in [-0.05, 0) is 46.2 Å². The molecule has 144 valence electrons. The highest BCUT2D eigenvalue weighted by Gasteiger charge is 2.02. The predicted molar refractivity (Wildman–Crippen MR) is 124 cm³/mol. The molecule has 0 saturated heterocycles. The van der Waals surface area contributed by atoms with Gasteiger partial charge in [0.05, 0.1) is 0 Å². The summed E-state index contributed by atoms with van der Waals surface area (Å²) in [4.78, 5) is 24.5. The molecule has 30 heavy (non-hydrogen) atoms. The smallest absolute Gasteiger partial charge is 0.185 e. The molecule has 0 aromatic heterocycles. The Kier molecular flexibility index (Phi) is 5.77. The van der Waals surface area contributed by atoms with E-state index in [2.05, 4.69) is 0 Å². The van der Waals surface area contributed by atoms with Gasteiger partial charge in [-0.15, -0.1) is 0 Å². The van der Waals surface area contributed by atoms with Crippen LogP contribution >= 0.6 is 0 Å². The van der Waals surface area contributed by atoms with Crippen molar-refractivity contribution in [3.63, 3.8) is 0 Å². The van der Waals surface area contributed by atoms with Gasteiger partial charge in [-0.1, -0.05) is 97.1 Å². The van der Waals surface area contributed by atoms with Crippen molar-refractivity contribution in [2.45, 2.75) is 0 Å². The molecule has 0 bridgehead atoms. The fourth-order valence-electron chi connectivity index (χ4n) is 3.23. The van der Waals surface area contributed by atoms with Crippen LogP contribution in [-0.2, 0) is 0 Å². The zero-order valence-electron chi connectivity index (χ0n) is 16.4. The second kappa shape index (κ2) is 8.97. The second-order valence-corrected chi connectivity index (χ2v) is 6.99. The minimum Gasteiger partial charge on any atom is -0.289 e. The summed E-state index contributed by atoms with van der Waals surface area (Å²) < 4.78 is 0. The van der Waals surface area contributed by atoms with Crippen molar-refractivity contribution in [1.29, 1.82) is 0 Å². The van der Waals surface area contributed by atoms with Gasteiger partial charge in [-0.25, -0.2) is 0 Å². The van der Waals surface area contributed by atoms with E-state index in [0.29, 0.717) is 11.1 Å². The Morgan fingerprint density at radius 2 is 0.900 bits per heavy atom. The lowest BCUT2D eigenvalue weighted by Crippen LogP contribution is -1.92. The number of rotatable bonds is 6. The lowest BCUT2D eigenvalue weighted by atomic mass is 10.0. The Hall–Kier alpha value is -4.04. The monoisotopic (exact) mass is 388 g/mol. The summed E-state index contributed by atoms with van der Waals surface area (Å²) in [7, 11) is 0. The number of ketones is 2. The molecule has 0 saturated carbocycles. The third-order valence-electron chi connectivity index (χ3n) is 4.86. The summed E-state index contributed by atoms with van der Waals surface area (Å²) in [5.41, 5.74) is 3.29. The van der Waals surface area contributed by atoms with E-state index in [1.807, 2.05) is 109 Å². The van der Waals surface area contributed by atoms with Crippen molar-refractivity contribution >= 4 is 34.5 Å². The highest BCUT2D eigenvalue weighted by Crippen LogP contribution is 2.20. The quantitative estimate of drug-likeness (QED) is 0.274. The lowest BCUT2D eigenvalue weighted by molar-refractivity contribution is 0.103. The molecule has 0 aliphatic heterocycles. The number of hydrogen-bond donors (Lipinski definition) is 0. The van der Waals surface area contributed by atoms with Gasteiger partial charge in [0.1, 0.15) is 0 Å². The molecule has 4 rings (SSSR count). The van der Waals surface area contributed by atoms with Gasteiger partial charge in [0.25, 0.3) is 0 Å². The minimum absolute atomic E-state index is 0.0146. The number of carbonyl (C=O) groups is 2. The Morgan fingerprint density at radius 3 is 1.30 bits per heavy atom. The average molecular weight is 388 g/mol. The maximum absolute atomic E-state index is 12.2. The maximum Gasteiger partial charge on any atom is 0.185 e. The van der Waals surface area contributed by atoms with Crippen LogP contribution in [0.2, 0.25) is 0 Å². The summed E-state index contributed by atoms with van der Waals surface area (Å²) in [5.74, 6) is -0.0291. The van der Waals surface area contributed by atoms with E-state index in [1.165, 1.54) is 0 Å². The highest BCUT2D eigenvalue weighted by molar-refractivity contribution is 6.07. The van der Waals surface area contributed by atoms with Crippen LogP contribution in [0.5, 0.6) is 0 Å². The number of hydrogen-bond acceptors (Lipinski definition) is 2. The zero-order chi connectivity index (χ0) is 20.8. The molecule has 4 aromatic rings. The molecule has 2 heteroatoms. The Balaban J connectivity index is 1.50. The van der Waals surface area contributed by atoms with E-state index >= 15 is 0 Å². The van der Waals surface area contributed by atoms with E-state index in [4.69, 9.17) is 0 Å². The number of carbonyl (C=O) groups excluding carboxylic acids is 2. The lowest BCUT2D eigenvalue weighted by Gasteiger charge is -2.02. The first kappa shape index (κ1) is 19.3. The molecule has 0 N–H and O–H groups in total. The van der Waals surface area contributed by atoms with Crippen LogP contribution < -0.4 is 0 Å². The molecular formula is C28H20O2. The topological polar surface area (TPSA) is 34.1 Å². The molecule has 0 amide bonds. The van der Waals surface area contributed by atoms with Gasteiger partial charge in [0, 0.05) is 11.1 Å². The first-order valence-corrected chi connectivity index (χ1v) is 9.78. The Bertz CT molecular complexity index is 1150. The predicted octanol–water partition coefficient (Wildman–Crippen LogP) is 6.63. The first-order valence-electron chi connectivity index (χ1n) is 9.78. The van der Waals surface area contributed by atoms with Crippen LogP contribution in [0.1, 0.15) is 31.8 Å². The average Bonchev–Trinajstić information content (AvgIpc) is 2.82. The van der Waals surface area contributed by atoms with E-state index < -0.39 is 0 Å². The van der Waals surface area contributed by atoms with Crippen molar-refractivity contribution in [1.82, 2.24) is 0 Å². The van der Waals surface area contributed by atoms with Crippen molar-refractivity contribution in [2.24, 2.45) is 0 Å². The molecule has 0 spiro atoms. The Labute approximate surface area is 175 Å². The molecule has 0 aliphatic rings. The normalized spacial score (nSPS) is 11.3. The van der Waals surface area contributed by atoms with Crippen molar-refractivity contribution in [2.75, 3.05) is 0 Å². The third kappa shape index (κ3) is 4.68. The molecule has 0 unspecified atom stereocenters. The molecule has 2 nitrogen and oxygen atoms in total. The number of fused-ring (bicyclic) bond motifs is 1. The van der Waals surface area contributed by atoms with Gasteiger partial charge in [0.2, 0.25) is 0 Å². The SMILES string of the molecule is O=C(C=Cc1ccc2cc(C=CC(=O)c3ccccc3)ccc2c1)c1ccccc1. The van der Waals surface area contributed by atoms with Crippen molar-refractivity contribution in [3.8, 4) is 0 Å². The standard InChI is InChI=1S/C28H20O2/c29-27(23-7-3-1-4-8-23)17-13-21-11-15-26-20-22(12-16-25(26)19-21)14-18-28(30)24-9-5-2-6-10-24/h1-20H. The molecule has 0 atom stereocenters. The fourth-order valence-corrected chi connectivity index (χ4v) is 3.23. The van der Waals surface area contributed by atoms with E-state index in [9.17, 15) is 9.59 Å². The summed E-state index contributed by atoms with van der Waals surface area (Å²) in [6.45, 7) is 0. The van der Waals surface area contributed by atoms with Gasteiger partial charge in [-0.2, -0.15) is 0 Å². The summed E-state index contributed by atoms with van der Waals surface area (Å²) in [6.07, 6.45) is 6.87. The van der Waals surface area contributed by atoms with Gasteiger partial charge < -0.3 is 0 Å². The zero-order valence-corrected chi connectivity index (χ0v) is 16.4. The van der Waals surface area contributed by atoms with E-state index in [0.717, 1.165) is 21.9 Å². The summed E-state index contributed by atoms with van der Waals surface area (Å²) in [6, 6.07) is 30.6. The number of benzene rings is 4. The molecule has 4 aromatic carbocycles. The van der Waals surface area contributed by atoms with Crippen LogP contribution in [0, 0.1) is 0 Å². The van der Waals surface area contributed by atoms with Crippen LogP contribution in [0.25, 0.3) is 22.9 Å². The largest absolute Gasteiger partial charge is 0.289 e. The van der Waals surface area contributed by atoms with Crippen LogP contribution in [0.3, 0.4) is 0 Å². The molecule has 0 aliphatic carbocycles. The number of allylic oxidation sites excluding steroid dienone is 2. The van der Waals surface area contributed by atoms with Gasteiger partial charge in [-0.3, -0.25) is 9.59 Å². The van der Waals surface area contributed by atoms with Crippen molar-refractivity contribution in [3.05, 3.63) is 131 Å². The molecule has 0 heterocycles. The molecular weight excluding hydrogens is 368 g/mol. The van der Waals surface area contributed by atoms with Gasteiger partial charge in [0.15, 0.2) is 11.6 Å². The van der Waals surface area contributed by atoms with Crippen molar-refractivity contribution < 1.29 is 9.59 Å². The maximum atomic E-state index is 12.2. The first-order chi connectivity index (χ1) is 14.7. The molecule has 0 fully saturated rings. The van der Waals surface area contributed by atoms with Crippen LogP contribution in [0.4, 0.5) is 0 Å². The van der Waals surface area contributed by atoms with Crippen LogP contribution in [0.15, 0.2) is 109 Å². The summed E-state index contributed by atoms with van der Waals surface area (Å²) in [5, 5.41) is 2.16. The highest BCUT2D eigenvalue weighted by atomic mass is 16.1. The summed E-state index contributed by atoms with van der Waals surface area (Å²) >= 11 is 0. The second-order valence-electron chi connectivity index (χ2n) is 6.99. The Morgan fingerprint density at radius 1 is 0.500 bits per heavy atom. The van der Waals surface area contributed by atoms with E-state index in [-0.39, 0.29) is 11.6 Å². The third-order valence-corrected chi connectivity index (χ3v) is 4.86. The van der Waals surface area contributed by atoms with Crippen LogP contribution in [-0.4, -0.2) is 11.6 Å². The van der Waals surface area contributed by atoms with Gasteiger partial charge >= 0.3 is 0 Å². The van der Waals surface area contributed by atoms with E-state index in [1.54, 1.807) is 12.2 Å². The molecule has 0 radical (unpaired) electrons. The fraction of sp³-hybridized carbons (Fsp3) is 0. The minimum atomic E-state index is -0.0146.